The smallest absolute Gasteiger partial charge is 0.438 e. The maximum Gasteiger partial charge on any atom is 0.438 e. The van der Waals surface area contributed by atoms with Crippen molar-refractivity contribution in [2.45, 2.75) is 38.8 Å². The van der Waals surface area contributed by atoms with Crippen molar-refractivity contribution in [3.63, 3.8) is 0 Å². The number of halogens is 3. The van der Waals surface area contributed by atoms with Crippen molar-refractivity contribution in [2.24, 2.45) is 5.10 Å². The Bertz CT molecular complexity index is 927. The summed E-state index contributed by atoms with van der Waals surface area (Å²) in [5.74, 6) is 0.313. The van der Waals surface area contributed by atoms with Crippen molar-refractivity contribution < 1.29 is 32.5 Å². The van der Waals surface area contributed by atoms with Crippen molar-refractivity contribution in [1.82, 2.24) is 5.01 Å². The summed E-state index contributed by atoms with van der Waals surface area (Å²) in [4.78, 5) is 12.5. The minimum atomic E-state index is -5.03. The summed E-state index contributed by atoms with van der Waals surface area (Å²) in [7, 11) is 0. The topological polar surface area (TPSA) is 71.4 Å². The molecule has 0 spiro atoms. The molecule has 0 fully saturated rings. The van der Waals surface area contributed by atoms with Crippen LogP contribution in [-0.4, -0.2) is 40.2 Å². The molecule has 0 aromatic heterocycles. The molecule has 9 heteroatoms. The predicted molar refractivity (Wildman–Crippen MR) is 103 cm³/mol. The Labute approximate surface area is 171 Å². The highest BCUT2D eigenvalue weighted by Gasteiger charge is 2.62. The third kappa shape index (κ3) is 4.40. The molecule has 160 valence electrons. The van der Waals surface area contributed by atoms with Gasteiger partial charge >= 0.3 is 6.18 Å². The van der Waals surface area contributed by atoms with Crippen molar-refractivity contribution in [3.8, 4) is 11.5 Å². The molecule has 30 heavy (non-hydrogen) atoms. The first kappa shape index (κ1) is 21.6. The molecule has 0 radical (unpaired) electrons. The van der Waals surface area contributed by atoms with E-state index in [0.29, 0.717) is 17.9 Å². The van der Waals surface area contributed by atoms with Gasteiger partial charge in [0, 0.05) is 17.7 Å². The molecule has 1 heterocycles. The molecule has 1 N–H and O–H groups in total. The normalized spacial score (nSPS) is 18.9. The highest BCUT2D eigenvalue weighted by atomic mass is 19.4. The average Bonchev–Trinajstić information content (AvgIpc) is 3.03. The second-order valence-electron chi connectivity index (χ2n) is 6.83. The molecule has 0 unspecified atom stereocenters. The molecule has 2 aromatic rings. The molecule has 1 amide bonds. The molecule has 6 nitrogen and oxygen atoms in total. The van der Waals surface area contributed by atoms with Crippen molar-refractivity contribution >= 4 is 11.6 Å². The number of hydrogen-bond donors (Lipinski definition) is 1. The fourth-order valence-corrected chi connectivity index (χ4v) is 2.99. The molecule has 0 saturated heterocycles. The van der Waals surface area contributed by atoms with E-state index in [0.717, 1.165) is 5.75 Å². The van der Waals surface area contributed by atoms with Crippen LogP contribution in [0, 0.1) is 0 Å². The van der Waals surface area contributed by atoms with Crippen LogP contribution in [0.2, 0.25) is 0 Å². The lowest BCUT2D eigenvalue weighted by Crippen LogP contribution is -2.56. The Kier molecular flexibility index (Phi) is 6.02. The second-order valence-corrected chi connectivity index (χ2v) is 6.83. The van der Waals surface area contributed by atoms with E-state index in [1.54, 1.807) is 36.4 Å². The number of benzene rings is 2. The van der Waals surface area contributed by atoms with Gasteiger partial charge in [-0.05, 0) is 55.8 Å². The summed E-state index contributed by atoms with van der Waals surface area (Å²) in [6.07, 6.45) is -5.81. The number of aliphatic hydroxyl groups is 1. The molecule has 0 aliphatic carbocycles. The van der Waals surface area contributed by atoms with Crippen LogP contribution in [0.1, 0.15) is 36.2 Å². The Morgan fingerprint density at radius 1 is 1.10 bits per heavy atom. The number of carbonyl (C=O) groups excluding carboxylic acids is 1. The van der Waals surface area contributed by atoms with Crippen molar-refractivity contribution in [2.75, 3.05) is 6.61 Å². The largest absolute Gasteiger partial charge is 0.494 e. The first-order valence-electron chi connectivity index (χ1n) is 9.26. The zero-order valence-corrected chi connectivity index (χ0v) is 16.4. The van der Waals surface area contributed by atoms with Crippen LogP contribution < -0.4 is 9.47 Å². The lowest BCUT2D eigenvalue weighted by Gasteiger charge is -2.32. The minimum Gasteiger partial charge on any atom is -0.494 e. The molecule has 1 aliphatic heterocycles. The number of amides is 1. The predicted octanol–water partition coefficient (Wildman–Crippen LogP) is 4.14. The summed E-state index contributed by atoms with van der Waals surface area (Å²) in [5.41, 5.74) is -2.64. The SMILES string of the molecule is CCOc1ccc(OCc2ccc(C(=O)N3N=C(C)C[C@@]3(O)C(F)(F)F)cc2)cc1. The van der Waals surface area contributed by atoms with Gasteiger partial charge in [-0.25, -0.2) is 0 Å². The monoisotopic (exact) mass is 422 g/mol. The summed E-state index contributed by atoms with van der Waals surface area (Å²) in [6, 6.07) is 13.0. The van der Waals surface area contributed by atoms with Crippen LogP contribution in [-0.2, 0) is 6.61 Å². The van der Waals surface area contributed by atoms with E-state index in [4.69, 9.17) is 9.47 Å². The number of hydrazone groups is 1. The third-order valence-electron chi connectivity index (χ3n) is 4.51. The molecular formula is C21H21F3N2O4. The summed E-state index contributed by atoms with van der Waals surface area (Å²) < 4.78 is 50.9. The van der Waals surface area contributed by atoms with E-state index < -0.39 is 24.2 Å². The number of ether oxygens (including phenoxy) is 2. The lowest BCUT2D eigenvalue weighted by atomic mass is 10.1. The Hall–Kier alpha value is -3.07. The fraction of sp³-hybridized carbons (Fsp3) is 0.333. The van der Waals surface area contributed by atoms with Gasteiger partial charge in [-0.15, -0.1) is 0 Å². The van der Waals surface area contributed by atoms with Gasteiger partial charge in [-0.1, -0.05) is 12.1 Å². The van der Waals surface area contributed by atoms with E-state index in [1.807, 2.05) is 6.92 Å². The van der Waals surface area contributed by atoms with Crippen LogP contribution in [0.3, 0.4) is 0 Å². The lowest BCUT2D eigenvalue weighted by molar-refractivity contribution is -0.297. The van der Waals surface area contributed by atoms with Gasteiger partial charge < -0.3 is 14.6 Å². The minimum absolute atomic E-state index is 0.0172. The maximum absolute atomic E-state index is 13.3. The first-order valence-corrected chi connectivity index (χ1v) is 9.26. The zero-order chi connectivity index (χ0) is 21.9. The number of hydrogen-bond acceptors (Lipinski definition) is 5. The highest BCUT2D eigenvalue weighted by Crippen LogP contribution is 2.40. The van der Waals surface area contributed by atoms with Gasteiger partial charge in [0.25, 0.3) is 11.6 Å². The van der Waals surface area contributed by atoms with Crippen LogP contribution in [0.5, 0.6) is 11.5 Å². The van der Waals surface area contributed by atoms with Gasteiger partial charge in [0.05, 0.1) is 6.61 Å². The summed E-state index contributed by atoms with van der Waals surface area (Å²) >= 11 is 0. The van der Waals surface area contributed by atoms with Crippen LogP contribution >= 0.6 is 0 Å². The van der Waals surface area contributed by atoms with Gasteiger partial charge in [-0.2, -0.15) is 23.3 Å². The highest BCUT2D eigenvalue weighted by molar-refractivity contribution is 5.97. The van der Waals surface area contributed by atoms with Gasteiger partial charge in [-0.3, -0.25) is 4.79 Å². The summed E-state index contributed by atoms with van der Waals surface area (Å²) in [5, 5.41) is 13.7. The van der Waals surface area contributed by atoms with Crippen molar-refractivity contribution in [3.05, 3.63) is 59.7 Å². The first-order chi connectivity index (χ1) is 14.1. The molecule has 1 atom stereocenters. The molecule has 0 saturated carbocycles. The standard InChI is InChI=1S/C21H21F3N2O4/c1-3-29-17-8-10-18(11-9-17)30-13-15-4-6-16(7-5-15)19(27)26-20(28,21(22,23)24)12-14(2)25-26/h4-11,28H,3,12-13H2,1-2H3/t20-/m1/s1. The summed E-state index contributed by atoms with van der Waals surface area (Å²) in [6.45, 7) is 3.98. The molecular weight excluding hydrogens is 401 g/mol. The Morgan fingerprint density at radius 2 is 1.67 bits per heavy atom. The van der Waals surface area contributed by atoms with Crippen molar-refractivity contribution in [1.29, 1.82) is 0 Å². The zero-order valence-electron chi connectivity index (χ0n) is 16.4. The Balaban J connectivity index is 1.67. The number of alkyl halides is 3. The van der Waals surface area contributed by atoms with E-state index in [-0.39, 0.29) is 22.9 Å². The van der Waals surface area contributed by atoms with Gasteiger partial charge in [0.1, 0.15) is 18.1 Å². The van der Waals surface area contributed by atoms with E-state index >= 15 is 0 Å². The number of nitrogens with zero attached hydrogens (tertiary/aromatic N) is 2. The average molecular weight is 422 g/mol. The fourth-order valence-electron chi connectivity index (χ4n) is 2.99. The Morgan fingerprint density at radius 3 is 2.20 bits per heavy atom. The molecule has 0 bridgehead atoms. The quantitative estimate of drug-likeness (QED) is 0.760. The van der Waals surface area contributed by atoms with Crippen LogP contribution in [0.4, 0.5) is 13.2 Å². The van der Waals surface area contributed by atoms with Gasteiger partial charge in [0.2, 0.25) is 0 Å². The number of carbonyl (C=O) groups is 1. The number of rotatable bonds is 6. The van der Waals surface area contributed by atoms with E-state index in [9.17, 15) is 23.1 Å². The molecule has 2 aromatic carbocycles. The van der Waals surface area contributed by atoms with E-state index in [2.05, 4.69) is 5.10 Å². The third-order valence-corrected chi connectivity index (χ3v) is 4.51. The van der Waals surface area contributed by atoms with Gasteiger partial charge in [0.15, 0.2) is 0 Å². The maximum atomic E-state index is 13.3. The molecule has 3 rings (SSSR count). The van der Waals surface area contributed by atoms with Crippen LogP contribution in [0.15, 0.2) is 53.6 Å². The van der Waals surface area contributed by atoms with Crippen LogP contribution in [0.25, 0.3) is 0 Å². The second kappa shape index (κ2) is 8.35. The van der Waals surface area contributed by atoms with E-state index in [1.165, 1.54) is 19.1 Å². The molecule has 1 aliphatic rings.